The number of aliphatic imine (C=N–C) groups is 1. The maximum atomic E-state index is 5.14. The first-order valence-electron chi connectivity index (χ1n) is 5.20. The number of terminal acetylenes is 1. The average molecular weight is 209 g/mol. The van der Waals surface area contributed by atoms with Gasteiger partial charge in [-0.05, 0) is 25.2 Å². The molecule has 1 aliphatic rings. The van der Waals surface area contributed by atoms with Crippen LogP contribution < -0.4 is 0 Å². The van der Waals surface area contributed by atoms with Crippen molar-refractivity contribution < 1.29 is 0 Å². The van der Waals surface area contributed by atoms with Crippen LogP contribution in [0.25, 0.3) is 0 Å². The zero-order valence-electron chi connectivity index (χ0n) is 9.43. The van der Waals surface area contributed by atoms with Crippen molar-refractivity contribution in [1.29, 1.82) is 0 Å². The second-order valence-corrected chi connectivity index (χ2v) is 3.31. The summed E-state index contributed by atoms with van der Waals surface area (Å²) in [6.07, 6.45) is 23.4. The van der Waals surface area contributed by atoms with Crippen LogP contribution in [0.2, 0.25) is 0 Å². The van der Waals surface area contributed by atoms with Crippen molar-refractivity contribution in [3.8, 4) is 12.3 Å². The summed E-state index contributed by atoms with van der Waals surface area (Å²) in [5, 5.41) is 0. The summed E-state index contributed by atoms with van der Waals surface area (Å²) in [4.78, 5) is 4.50. The molecule has 0 spiro atoms. The van der Waals surface area contributed by atoms with E-state index in [2.05, 4.69) is 17.0 Å². The molecule has 0 aromatic heterocycles. The zero-order valence-corrected chi connectivity index (χ0v) is 9.43. The molecule has 0 saturated heterocycles. The molecule has 0 saturated carbocycles. The van der Waals surface area contributed by atoms with Crippen LogP contribution in [0.5, 0.6) is 0 Å². The van der Waals surface area contributed by atoms with Crippen LogP contribution in [0.4, 0.5) is 0 Å². The smallest absolute Gasteiger partial charge is 0.0444 e. The Hall–Kier alpha value is -2.07. The van der Waals surface area contributed by atoms with Crippen LogP contribution in [-0.4, -0.2) is 5.71 Å². The van der Waals surface area contributed by atoms with Gasteiger partial charge in [0.2, 0.25) is 0 Å². The number of allylic oxidation sites excluding steroid dienone is 9. The number of rotatable bonds is 1. The molecule has 1 nitrogen and oxygen atoms in total. The van der Waals surface area contributed by atoms with E-state index in [1.807, 2.05) is 49.5 Å². The number of hydrogen-bond acceptors (Lipinski definition) is 1. The van der Waals surface area contributed by atoms with Gasteiger partial charge >= 0.3 is 0 Å². The molecule has 80 valence electrons. The Labute approximate surface area is 97.3 Å². The van der Waals surface area contributed by atoms with Gasteiger partial charge in [0.15, 0.2) is 0 Å². The second kappa shape index (κ2) is 7.25. The number of hydrogen-bond donors (Lipinski definition) is 0. The van der Waals surface area contributed by atoms with Gasteiger partial charge in [-0.15, -0.1) is 6.42 Å². The van der Waals surface area contributed by atoms with Gasteiger partial charge < -0.3 is 0 Å². The van der Waals surface area contributed by atoms with E-state index < -0.39 is 0 Å². The van der Waals surface area contributed by atoms with Gasteiger partial charge in [0.05, 0.1) is 0 Å². The molecule has 0 radical (unpaired) electrons. The molecular formula is C15H15N. The predicted molar refractivity (Wildman–Crippen MR) is 71.2 cm³/mol. The highest BCUT2D eigenvalue weighted by Gasteiger charge is 1.92. The van der Waals surface area contributed by atoms with E-state index in [1.165, 1.54) is 0 Å². The van der Waals surface area contributed by atoms with E-state index in [0.29, 0.717) is 0 Å². The summed E-state index contributed by atoms with van der Waals surface area (Å²) in [5.74, 6) is 2.45. The van der Waals surface area contributed by atoms with E-state index in [1.54, 1.807) is 6.08 Å². The van der Waals surface area contributed by atoms with Crippen molar-refractivity contribution in [2.75, 3.05) is 0 Å². The van der Waals surface area contributed by atoms with Crippen LogP contribution in [0.1, 0.15) is 13.3 Å². The largest absolute Gasteiger partial charge is 0.258 e. The lowest BCUT2D eigenvalue weighted by molar-refractivity contribution is 1.16. The van der Waals surface area contributed by atoms with Crippen molar-refractivity contribution in [2.24, 2.45) is 4.99 Å². The van der Waals surface area contributed by atoms with Gasteiger partial charge in [0.25, 0.3) is 0 Å². The summed E-state index contributed by atoms with van der Waals surface area (Å²) in [6, 6.07) is 0. The Morgan fingerprint density at radius 2 is 2.12 bits per heavy atom. The minimum Gasteiger partial charge on any atom is -0.258 e. The molecule has 16 heavy (non-hydrogen) atoms. The first-order chi connectivity index (χ1) is 7.83. The van der Waals surface area contributed by atoms with Crippen molar-refractivity contribution in [3.05, 3.63) is 60.4 Å². The Balaban J connectivity index is 2.90. The van der Waals surface area contributed by atoms with Gasteiger partial charge in [0, 0.05) is 17.8 Å². The lowest BCUT2D eigenvalue weighted by atomic mass is 10.2. The van der Waals surface area contributed by atoms with E-state index in [-0.39, 0.29) is 0 Å². The normalized spacial score (nSPS) is 24.8. The van der Waals surface area contributed by atoms with Crippen molar-refractivity contribution >= 4 is 5.71 Å². The summed E-state index contributed by atoms with van der Waals surface area (Å²) in [5.41, 5.74) is 1.99. The highest BCUT2D eigenvalue weighted by atomic mass is 14.7. The Morgan fingerprint density at radius 1 is 1.31 bits per heavy atom. The first kappa shape index (κ1) is 12.0. The molecule has 0 fully saturated rings. The highest BCUT2D eigenvalue weighted by molar-refractivity contribution is 5.93. The highest BCUT2D eigenvalue weighted by Crippen LogP contribution is 2.07. The summed E-state index contributed by atoms with van der Waals surface area (Å²) >= 11 is 0. The minimum atomic E-state index is 0.810. The van der Waals surface area contributed by atoms with Gasteiger partial charge in [-0.2, -0.15) is 0 Å². The molecule has 0 N–H and O–H groups in total. The maximum Gasteiger partial charge on any atom is 0.0444 e. The van der Waals surface area contributed by atoms with Crippen LogP contribution in [-0.2, 0) is 0 Å². The van der Waals surface area contributed by atoms with E-state index in [0.717, 1.165) is 17.8 Å². The summed E-state index contributed by atoms with van der Waals surface area (Å²) in [7, 11) is 0. The standard InChI is InChI=1S/C15H15N/c1-3-4-8-12-15-13-10-7-5-6-9-11-14(2)16-15/h1,4-12H,13H2,2H3/b6-5-,8-4-,10-7+,11-9-,15-12?,16-14?. The molecule has 0 aliphatic carbocycles. The van der Waals surface area contributed by atoms with E-state index in [4.69, 9.17) is 6.42 Å². The van der Waals surface area contributed by atoms with Crippen LogP contribution in [0, 0.1) is 12.3 Å². The molecule has 1 heterocycles. The van der Waals surface area contributed by atoms with Gasteiger partial charge in [-0.3, -0.25) is 4.99 Å². The molecule has 0 aromatic rings. The van der Waals surface area contributed by atoms with Crippen LogP contribution >= 0.6 is 0 Å². The molecule has 0 bridgehead atoms. The Morgan fingerprint density at radius 3 is 2.94 bits per heavy atom. The molecule has 1 heteroatoms. The monoisotopic (exact) mass is 209 g/mol. The van der Waals surface area contributed by atoms with Gasteiger partial charge in [-0.25, -0.2) is 0 Å². The molecule has 0 amide bonds. The van der Waals surface area contributed by atoms with Crippen LogP contribution in [0.15, 0.2) is 65.4 Å². The Bertz CT molecular complexity index is 435. The first-order valence-corrected chi connectivity index (χ1v) is 5.20. The zero-order chi connectivity index (χ0) is 11.6. The fourth-order valence-corrected chi connectivity index (χ4v) is 1.22. The molecule has 1 rings (SSSR count). The molecule has 0 unspecified atom stereocenters. The average Bonchev–Trinajstić information content (AvgIpc) is 2.28. The fraction of sp³-hybridized carbons (Fsp3) is 0.133. The van der Waals surface area contributed by atoms with Crippen molar-refractivity contribution in [2.45, 2.75) is 13.3 Å². The molecule has 1 aliphatic heterocycles. The molecule has 0 aromatic carbocycles. The van der Waals surface area contributed by atoms with E-state index >= 15 is 0 Å². The third-order valence-corrected chi connectivity index (χ3v) is 1.93. The van der Waals surface area contributed by atoms with Gasteiger partial charge in [-0.1, -0.05) is 42.4 Å². The van der Waals surface area contributed by atoms with E-state index in [9.17, 15) is 0 Å². The van der Waals surface area contributed by atoms with Crippen molar-refractivity contribution in [3.63, 3.8) is 0 Å². The topological polar surface area (TPSA) is 12.4 Å². The Kier molecular flexibility index (Phi) is 5.44. The maximum absolute atomic E-state index is 5.14. The SMILES string of the molecule is C#C/C=C\C=C1C/C=C/C=C\C=C/C(C)=N1. The number of nitrogens with zero attached hydrogens (tertiary/aromatic N) is 1. The fourth-order valence-electron chi connectivity index (χ4n) is 1.22. The quantitative estimate of drug-likeness (QED) is 0.585. The molecule has 0 atom stereocenters. The molecular weight excluding hydrogens is 194 g/mol. The summed E-state index contributed by atoms with van der Waals surface area (Å²) < 4.78 is 0. The summed E-state index contributed by atoms with van der Waals surface area (Å²) in [6.45, 7) is 1.98. The minimum absolute atomic E-state index is 0.810. The lowest BCUT2D eigenvalue weighted by Gasteiger charge is -1.98. The van der Waals surface area contributed by atoms with Gasteiger partial charge in [0.1, 0.15) is 0 Å². The second-order valence-electron chi connectivity index (χ2n) is 3.31. The van der Waals surface area contributed by atoms with Crippen LogP contribution in [0.3, 0.4) is 0 Å². The van der Waals surface area contributed by atoms with Crippen molar-refractivity contribution in [1.82, 2.24) is 0 Å². The third-order valence-electron chi connectivity index (χ3n) is 1.93. The predicted octanol–water partition coefficient (Wildman–Crippen LogP) is 3.59. The third kappa shape index (κ3) is 4.97. The lowest BCUT2D eigenvalue weighted by Crippen LogP contribution is -1.87.